The highest BCUT2D eigenvalue weighted by molar-refractivity contribution is 14.1. The normalized spacial score (nSPS) is 10.9. The molecule has 0 saturated carbocycles. The maximum atomic E-state index is 9.53. The Bertz CT molecular complexity index is 840. The van der Waals surface area contributed by atoms with Crippen LogP contribution in [0, 0.1) is 14.9 Å². The lowest BCUT2D eigenvalue weighted by molar-refractivity contribution is 0.295. The third kappa shape index (κ3) is 5.00. The van der Waals surface area contributed by atoms with E-state index in [0.717, 1.165) is 9.13 Å². The molecular weight excluding hydrogens is 449 g/mol. The van der Waals surface area contributed by atoms with E-state index in [1.165, 1.54) is 0 Å². The molecule has 0 heterocycles. The highest BCUT2D eigenvalue weighted by atomic mass is 127. The lowest BCUT2D eigenvalue weighted by Crippen LogP contribution is -2.01. The molecule has 0 radical (unpaired) electrons. The first kappa shape index (κ1) is 19.4. The van der Waals surface area contributed by atoms with Gasteiger partial charge in [-0.15, -0.1) is 0 Å². The van der Waals surface area contributed by atoms with E-state index in [-0.39, 0.29) is 0 Å². The molecule has 2 aromatic rings. The second-order valence-corrected chi connectivity index (χ2v) is 6.58. The van der Waals surface area contributed by atoms with Gasteiger partial charge in [0.15, 0.2) is 11.5 Å². The minimum absolute atomic E-state index is 0.397. The summed E-state index contributed by atoms with van der Waals surface area (Å²) in [5.41, 5.74) is 2.03. The third-order valence-corrected chi connectivity index (χ3v) is 4.40. The van der Waals surface area contributed by atoms with Crippen molar-refractivity contribution in [2.45, 2.75) is 6.92 Å². The van der Waals surface area contributed by atoms with E-state index in [2.05, 4.69) is 35.2 Å². The van der Waals surface area contributed by atoms with Gasteiger partial charge in [-0.1, -0.05) is 42.5 Å². The van der Waals surface area contributed by atoms with Crippen LogP contribution in [0.4, 0.5) is 0 Å². The van der Waals surface area contributed by atoms with Crippen LogP contribution in [-0.4, -0.2) is 13.2 Å². The molecule has 0 bridgehead atoms. The Morgan fingerprint density at radius 3 is 2.72 bits per heavy atom. The van der Waals surface area contributed by atoms with Crippen LogP contribution in [0.1, 0.15) is 18.1 Å². The average Bonchev–Trinajstić information content (AvgIpc) is 2.60. The standard InChI is InChI=1S/C20H17ClINO2/c1-3-9-25-20-18(22)11-14(12-19(20)24-4-2)10-15(13-23)16-7-5-6-8-17(16)21/h3,5-8,10-12H,1,4,9H2,2H3. The van der Waals surface area contributed by atoms with Crippen molar-refractivity contribution in [3.8, 4) is 17.6 Å². The fourth-order valence-corrected chi connectivity index (χ4v) is 3.25. The van der Waals surface area contributed by atoms with Gasteiger partial charge < -0.3 is 9.47 Å². The molecule has 2 aromatic carbocycles. The first-order chi connectivity index (χ1) is 12.1. The van der Waals surface area contributed by atoms with E-state index in [0.29, 0.717) is 40.9 Å². The highest BCUT2D eigenvalue weighted by Gasteiger charge is 2.12. The third-order valence-electron chi connectivity index (χ3n) is 3.27. The molecule has 0 atom stereocenters. The van der Waals surface area contributed by atoms with Crippen molar-refractivity contribution >= 4 is 45.8 Å². The van der Waals surface area contributed by atoms with E-state index in [1.807, 2.05) is 37.3 Å². The Morgan fingerprint density at radius 2 is 2.08 bits per heavy atom. The topological polar surface area (TPSA) is 42.2 Å². The minimum Gasteiger partial charge on any atom is -0.490 e. The molecule has 0 aliphatic rings. The van der Waals surface area contributed by atoms with Gasteiger partial charge in [-0.05, 0) is 59.4 Å². The predicted octanol–water partition coefficient (Wildman–Crippen LogP) is 5.97. The predicted molar refractivity (Wildman–Crippen MR) is 111 cm³/mol. The van der Waals surface area contributed by atoms with Crippen LogP contribution in [0.15, 0.2) is 49.1 Å². The average molecular weight is 466 g/mol. The van der Waals surface area contributed by atoms with Crippen LogP contribution < -0.4 is 9.47 Å². The molecule has 0 N–H and O–H groups in total. The van der Waals surface area contributed by atoms with Crippen molar-refractivity contribution in [2.24, 2.45) is 0 Å². The van der Waals surface area contributed by atoms with Crippen LogP contribution in [0.5, 0.6) is 11.5 Å². The second kappa shape index (κ2) is 9.50. The van der Waals surface area contributed by atoms with Crippen LogP contribution in [-0.2, 0) is 0 Å². The number of ether oxygens (including phenoxy) is 2. The molecule has 0 aliphatic carbocycles. The smallest absolute Gasteiger partial charge is 0.174 e. The molecule has 25 heavy (non-hydrogen) atoms. The highest BCUT2D eigenvalue weighted by Crippen LogP contribution is 2.36. The lowest BCUT2D eigenvalue weighted by atomic mass is 10.0. The number of hydrogen-bond donors (Lipinski definition) is 0. The van der Waals surface area contributed by atoms with Gasteiger partial charge in [0.25, 0.3) is 0 Å². The molecule has 0 spiro atoms. The SMILES string of the molecule is C=CCOc1c(I)cc(C=C(C#N)c2ccccc2Cl)cc1OCC. The van der Waals surface area contributed by atoms with E-state index in [9.17, 15) is 5.26 Å². The van der Waals surface area contributed by atoms with Gasteiger partial charge in [0, 0.05) is 10.6 Å². The molecule has 0 aliphatic heterocycles. The summed E-state index contributed by atoms with van der Waals surface area (Å²) in [4.78, 5) is 0. The summed E-state index contributed by atoms with van der Waals surface area (Å²) in [6.07, 6.45) is 3.48. The minimum atomic E-state index is 0.397. The molecule has 5 heteroatoms. The summed E-state index contributed by atoms with van der Waals surface area (Å²) in [7, 11) is 0. The van der Waals surface area contributed by atoms with Gasteiger partial charge >= 0.3 is 0 Å². The largest absolute Gasteiger partial charge is 0.490 e. The Hall–Kier alpha value is -1.97. The van der Waals surface area contributed by atoms with Gasteiger partial charge in [-0.25, -0.2) is 0 Å². The Labute approximate surface area is 166 Å². The molecular formula is C20H17ClINO2. The summed E-state index contributed by atoms with van der Waals surface area (Å²) in [5.74, 6) is 1.31. The van der Waals surface area contributed by atoms with Crippen LogP contribution in [0.25, 0.3) is 11.6 Å². The number of benzene rings is 2. The van der Waals surface area contributed by atoms with Crippen molar-refractivity contribution in [3.63, 3.8) is 0 Å². The Kier molecular flexibility index (Phi) is 7.35. The first-order valence-corrected chi connectivity index (χ1v) is 9.13. The monoisotopic (exact) mass is 465 g/mol. The van der Waals surface area contributed by atoms with E-state index >= 15 is 0 Å². The molecule has 0 fully saturated rings. The van der Waals surface area contributed by atoms with Gasteiger partial charge in [-0.3, -0.25) is 0 Å². The summed E-state index contributed by atoms with van der Waals surface area (Å²) >= 11 is 8.40. The van der Waals surface area contributed by atoms with Crippen LogP contribution >= 0.6 is 34.2 Å². The fourth-order valence-electron chi connectivity index (χ4n) is 2.23. The van der Waals surface area contributed by atoms with Crippen molar-refractivity contribution < 1.29 is 9.47 Å². The van der Waals surface area contributed by atoms with E-state index < -0.39 is 0 Å². The maximum absolute atomic E-state index is 9.53. The number of rotatable bonds is 7. The molecule has 0 unspecified atom stereocenters. The molecule has 0 aromatic heterocycles. The summed E-state index contributed by atoms with van der Waals surface area (Å²) in [6, 6.07) is 13.3. The van der Waals surface area contributed by atoms with Crippen molar-refractivity contribution in [1.82, 2.24) is 0 Å². The van der Waals surface area contributed by atoms with Crippen molar-refractivity contribution in [2.75, 3.05) is 13.2 Å². The second-order valence-electron chi connectivity index (χ2n) is 5.01. The van der Waals surface area contributed by atoms with Gasteiger partial charge in [0.2, 0.25) is 0 Å². The van der Waals surface area contributed by atoms with E-state index in [4.69, 9.17) is 21.1 Å². The van der Waals surface area contributed by atoms with Crippen molar-refractivity contribution in [1.29, 1.82) is 5.26 Å². The maximum Gasteiger partial charge on any atom is 0.174 e. The fraction of sp³-hybridized carbons (Fsp3) is 0.150. The Morgan fingerprint density at radius 1 is 1.32 bits per heavy atom. The number of nitriles is 1. The van der Waals surface area contributed by atoms with E-state index in [1.54, 1.807) is 18.2 Å². The molecule has 3 nitrogen and oxygen atoms in total. The van der Waals surface area contributed by atoms with Gasteiger partial charge in [0.1, 0.15) is 6.61 Å². The number of nitrogens with zero attached hydrogens (tertiary/aromatic N) is 1. The summed E-state index contributed by atoms with van der Waals surface area (Å²) in [6.45, 7) is 6.49. The zero-order chi connectivity index (χ0) is 18.2. The first-order valence-electron chi connectivity index (χ1n) is 7.67. The van der Waals surface area contributed by atoms with Crippen molar-refractivity contribution in [3.05, 3.63) is 68.8 Å². The molecule has 0 amide bonds. The van der Waals surface area contributed by atoms with Crippen LogP contribution in [0.2, 0.25) is 5.02 Å². The summed E-state index contributed by atoms with van der Waals surface area (Å²) in [5, 5.41) is 10.1. The zero-order valence-corrected chi connectivity index (χ0v) is 16.7. The lowest BCUT2D eigenvalue weighted by Gasteiger charge is -2.14. The molecule has 2 rings (SSSR count). The Balaban J connectivity index is 2.49. The number of hydrogen-bond acceptors (Lipinski definition) is 3. The quantitative estimate of drug-likeness (QED) is 0.219. The zero-order valence-electron chi connectivity index (χ0n) is 13.8. The van der Waals surface area contributed by atoms with Gasteiger partial charge in [-0.2, -0.15) is 5.26 Å². The van der Waals surface area contributed by atoms with Gasteiger partial charge in [0.05, 0.1) is 21.8 Å². The molecule has 128 valence electrons. The number of halogens is 2. The van der Waals surface area contributed by atoms with Crippen LogP contribution in [0.3, 0.4) is 0 Å². The summed E-state index contributed by atoms with van der Waals surface area (Å²) < 4.78 is 12.3. The number of allylic oxidation sites excluding steroid dienone is 1. The molecule has 0 saturated heterocycles.